The van der Waals surface area contributed by atoms with Gasteiger partial charge in [-0.15, -0.1) is 0 Å². The Kier molecular flexibility index (Phi) is 6.32. The lowest BCUT2D eigenvalue weighted by atomic mass is 10.1. The van der Waals surface area contributed by atoms with Crippen molar-refractivity contribution in [2.75, 3.05) is 27.3 Å². The average molecular weight is 316 g/mol. The maximum absolute atomic E-state index is 11.9. The Balaban J connectivity index is 2.49. The van der Waals surface area contributed by atoms with Crippen molar-refractivity contribution in [3.05, 3.63) is 34.3 Å². The monoisotopic (exact) mass is 315 g/mol. The smallest absolute Gasteiger partial charge is 0.226 e. The van der Waals surface area contributed by atoms with Crippen LogP contribution in [0.5, 0.6) is 0 Å². The normalized spacial score (nSPS) is 12.2. The van der Waals surface area contributed by atoms with E-state index in [-0.39, 0.29) is 19.1 Å². The van der Waals surface area contributed by atoms with Crippen molar-refractivity contribution in [2.45, 2.75) is 12.5 Å². The molecule has 4 nitrogen and oxygen atoms in total. The van der Waals surface area contributed by atoms with E-state index < -0.39 is 6.10 Å². The number of ether oxygens (including phenoxy) is 1. The first kappa shape index (κ1) is 15.1. The van der Waals surface area contributed by atoms with Crippen LogP contribution in [0.3, 0.4) is 0 Å². The largest absolute Gasteiger partial charge is 0.389 e. The Morgan fingerprint density at radius 2 is 2.28 bits per heavy atom. The van der Waals surface area contributed by atoms with Crippen LogP contribution in [0.2, 0.25) is 0 Å². The van der Waals surface area contributed by atoms with E-state index in [9.17, 15) is 9.90 Å². The second kappa shape index (κ2) is 7.51. The van der Waals surface area contributed by atoms with Gasteiger partial charge in [-0.05, 0) is 17.7 Å². The molecule has 1 atom stereocenters. The van der Waals surface area contributed by atoms with Crippen molar-refractivity contribution in [1.29, 1.82) is 0 Å². The fourth-order valence-electron chi connectivity index (χ4n) is 1.62. The minimum absolute atomic E-state index is 0.0248. The maximum Gasteiger partial charge on any atom is 0.226 e. The van der Waals surface area contributed by atoms with Gasteiger partial charge in [0.05, 0.1) is 19.1 Å². The molecule has 0 heterocycles. The van der Waals surface area contributed by atoms with Gasteiger partial charge in [-0.25, -0.2) is 0 Å². The number of nitrogens with zero attached hydrogens (tertiary/aromatic N) is 1. The average Bonchev–Trinajstić information content (AvgIpc) is 2.29. The van der Waals surface area contributed by atoms with Crippen molar-refractivity contribution in [1.82, 2.24) is 4.90 Å². The predicted octanol–water partition coefficient (Wildman–Crippen LogP) is 1.46. The van der Waals surface area contributed by atoms with Gasteiger partial charge in [-0.3, -0.25) is 4.79 Å². The Morgan fingerprint density at radius 3 is 2.89 bits per heavy atom. The molecule has 0 radical (unpaired) electrons. The molecule has 0 saturated heterocycles. The Bertz CT molecular complexity index is 398. The summed E-state index contributed by atoms with van der Waals surface area (Å²) < 4.78 is 5.78. The van der Waals surface area contributed by atoms with Gasteiger partial charge in [-0.2, -0.15) is 0 Å². The van der Waals surface area contributed by atoms with Crippen LogP contribution in [-0.4, -0.2) is 49.3 Å². The number of benzene rings is 1. The standard InChI is InChI=1S/C13H18BrNO3/c1-15(8-12(16)9-18-2)13(17)7-10-4-3-5-11(14)6-10/h3-6,12,16H,7-9H2,1-2H3. The highest BCUT2D eigenvalue weighted by molar-refractivity contribution is 9.10. The number of methoxy groups -OCH3 is 1. The van der Waals surface area contributed by atoms with Crippen LogP contribution >= 0.6 is 15.9 Å². The summed E-state index contributed by atoms with van der Waals surface area (Å²) in [4.78, 5) is 13.4. The maximum atomic E-state index is 11.9. The number of likely N-dealkylation sites (N-methyl/N-ethyl adjacent to an activating group) is 1. The molecule has 0 bridgehead atoms. The molecule has 0 fully saturated rings. The molecule has 1 N–H and O–H groups in total. The zero-order valence-electron chi connectivity index (χ0n) is 10.6. The summed E-state index contributed by atoms with van der Waals surface area (Å²) in [6.07, 6.45) is -0.318. The number of carbonyl (C=O) groups is 1. The van der Waals surface area contributed by atoms with Crippen LogP contribution in [0.4, 0.5) is 0 Å². The van der Waals surface area contributed by atoms with Crippen molar-refractivity contribution in [2.24, 2.45) is 0 Å². The highest BCUT2D eigenvalue weighted by Gasteiger charge is 2.14. The SMILES string of the molecule is COCC(O)CN(C)C(=O)Cc1cccc(Br)c1. The van der Waals surface area contributed by atoms with Crippen LogP contribution in [-0.2, 0) is 16.0 Å². The summed E-state index contributed by atoms with van der Waals surface area (Å²) in [6.45, 7) is 0.509. The Labute approximate surface area is 116 Å². The van der Waals surface area contributed by atoms with Gasteiger partial charge in [0.15, 0.2) is 0 Å². The highest BCUT2D eigenvalue weighted by Crippen LogP contribution is 2.12. The van der Waals surface area contributed by atoms with Crippen molar-refractivity contribution in [3.8, 4) is 0 Å². The van der Waals surface area contributed by atoms with Gasteiger partial charge >= 0.3 is 0 Å². The molecule has 1 amide bonds. The summed E-state index contributed by atoms with van der Waals surface area (Å²) in [7, 11) is 3.20. The lowest BCUT2D eigenvalue weighted by molar-refractivity contribution is -0.130. The lowest BCUT2D eigenvalue weighted by Crippen LogP contribution is -2.37. The highest BCUT2D eigenvalue weighted by atomic mass is 79.9. The van der Waals surface area contributed by atoms with Gasteiger partial charge in [0, 0.05) is 25.2 Å². The first-order valence-corrected chi connectivity index (χ1v) is 6.47. The van der Waals surface area contributed by atoms with Gasteiger partial charge in [-0.1, -0.05) is 28.1 Å². The van der Waals surface area contributed by atoms with E-state index in [1.165, 1.54) is 12.0 Å². The third-order valence-electron chi connectivity index (χ3n) is 2.51. The summed E-state index contributed by atoms with van der Waals surface area (Å²) in [5.74, 6) is -0.0248. The molecule has 18 heavy (non-hydrogen) atoms. The quantitative estimate of drug-likeness (QED) is 0.864. The van der Waals surface area contributed by atoms with Gasteiger partial charge in [0.1, 0.15) is 0 Å². The summed E-state index contributed by atoms with van der Waals surface area (Å²) in [6, 6.07) is 7.63. The van der Waals surface area contributed by atoms with Crippen molar-refractivity contribution < 1.29 is 14.6 Å². The Morgan fingerprint density at radius 1 is 1.56 bits per heavy atom. The van der Waals surface area contributed by atoms with Crippen LogP contribution in [0.1, 0.15) is 5.56 Å². The molecule has 1 rings (SSSR count). The summed E-state index contributed by atoms with van der Waals surface area (Å²) in [5.41, 5.74) is 0.947. The van der Waals surface area contributed by atoms with Gasteiger partial charge in [0.2, 0.25) is 5.91 Å². The molecule has 0 spiro atoms. The first-order valence-electron chi connectivity index (χ1n) is 5.68. The Hall–Kier alpha value is -0.910. The molecule has 0 aliphatic rings. The van der Waals surface area contributed by atoms with Crippen LogP contribution in [0.25, 0.3) is 0 Å². The number of rotatable bonds is 6. The molecule has 0 aromatic heterocycles. The molecule has 0 aliphatic carbocycles. The molecule has 1 aromatic rings. The number of halogens is 1. The lowest BCUT2D eigenvalue weighted by Gasteiger charge is -2.20. The van der Waals surface area contributed by atoms with Crippen LogP contribution in [0.15, 0.2) is 28.7 Å². The number of hydrogen-bond donors (Lipinski definition) is 1. The van der Waals surface area contributed by atoms with E-state index in [0.29, 0.717) is 6.42 Å². The van der Waals surface area contributed by atoms with Crippen LogP contribution < -0.4 is 0 Å². The van der Waals surface area contributed by atoms with Crippen molar-refractivity contribution in [3.63, 3.8) is 0 Å². The van der Waals surface area contributed by atoms with E-state index in [2.05, 4.69) is 15.9 Å². The molecule has 1 aromatic carbocycles. The van der Waals surface area contributed by atoms with E-state index >= 15 is 0 Å². The second-order valence-corrected chi connectivity index (χ2v) is 5.11. The summed E-state index contributed by atoms with van der Waals surface area (Å²) >= 11 is 3.37. The number of aliphatic hydroxyl groups is 1. The zero-order valence-corrected chi connectivity index (χ0v) is 12.2. The molecule has 0 saturated carbocycles. The van der Waals surface area contributed by atoms with E-state index in [1.807, 2.05) is 24.3 Å². The molecular weight excluding hydrogens is 298 g/mol. The molecule has 1 unspecified atom stereocenters. The fraction of sp³-hybridized carbons (Fsp3) is 0.462. The third-order valence-corrected chi connectivity index (χ3v) is 3.01. The third kappa shape index (κ3) is 5.16. The fourth-order valence-corrected chi connectivity index (χ4v) is 2.07. The number of aliphatic hydroxyl groups excluding tert-OH is 1. The topological polar surface area (TPSA) is 49.8 Å². The van der Waals surface area contributed by atoms with E-state index in [1.54, 1.807) is 7.05 Å². The molecular formula is C13H18BrNO3. The van der Waals surface area contributed by atoms with E-state index in [0.717, 1.165) is 10.0 Å². The first-order chi connectivity index (χ1) is 8.52. The van der Waals surface area contributed by atoms with Gasteiger partial charge in [0.25, 0.3) is 0 Å². The number of amides is 1. The molecule has 5 heteroatoms. The number of carbonyl (C=O) groups excluding carboxylic acids is 1. The molecule has 0 aliphatic heterocycles. The second-order valence-electron chi connectivity index (χ2n) is 4.19. The molecule has 100 valence electrons. The van der Waals surface area contributed by atoms with Gasteiger partial charge < -0.3 is 14.7 Å². The minimum atomic E-state index is -0.647. The number of hydrogen-bond acceptors (Lipinski definition) is 3. The predicted molar refractivity (Wildman–Crippen MR) is 73.4 cm³/mol. The summed E-state index contributed by atoms with van der Waals surface area (Å²) in [5, 5.41) is 9.55. The van der Waals surface area contributed by atoms with Crippen LogP contribution in [0, 0.1) is 0 Å². The van der Waals surface area contributed by atoms with Crippen molar-refractivity contribution >= 4 is 21.8 Å². The minimum Gasteiger partial charge on any atom is -0.389 e. The zero-order chi connectivity index (χ0) is 13.5. The van der Waals surface area contributed by atoms with E-state index in [4.69, 9.17) is 4.74 Å².